The monoisotopic (exact) mass is 487 g/mol. The summed E-state index contributed by atoms with van der Waals surface area (Å²) in [5.41, 5.74) is 7.05. The molecule has 0 radical (unpaired) electrons. The minimum Gasteiger partial charge on any atom is -0.308 e. The predicted molar refractivity (Wildman–Crippen MR) is 151 cm³/mol. The zero-order valence-electron chi connectivity index (χ0n) is 22.9. The van der Waals surface area contributed by atoms with Crippen LogP contribution < -0.4 is 0 Å². The van der Waals surface area contributed by atoms with Gasteiger partial charge in [-0.1, -0.05) is 65.8 Å². The SMILES string of the molecule is Cc1nc(C)nc(-c2ccc(C#N)cc2-n2c3cc(C(C)(C)C)ccc3c3ccc(C(C)(C)C)cc32)n1. The molecule has 0 spiro atoms. The second-order valence-corrected chi connectivity index (χ2v) is 11.9. The van der Waals surface area contributed by atoms with Crippen LogP contribution in [0.1, 0.15) is 69.9 Å². The molecule has 0 saturated heterocycles. The molecule has 0 saturated carbocycles. The molecule has 37 heavy (non-hydrogen) atoms. The molecule has 2 heterocycles. The van der Waals surface area contributed by atoms with E-state index in [9.17, 15) is 5.26 Å². The van der Waals surface area contributed by atoms with E-state index in [0.29, 0.717) is 23.0 Å². The summed E-state index contributed by atoms with van der Waals surface area (Å²) in [6.07, 6.45) is 0. The van der Waals surface area contributed by atoms with Gasteiger partial charge in [0.2, 0.25) is 0 Å². The Balaban J connectivity index is 1.97. The number of aromatic nitrogens is 4. The van der Waals surface area contributed by atoms with E-state index >= 15 is 0 Å². The van der Waals surface area contributed by atoms with Crippen LogP contribution in [0.2, 0.25) is 0 Å². The highest BCUT2D eigenvalue weighted by atomic mass is 15.0. The molecule has 5 rings (SSSR count). The normalized spacial score (nSPS) is 12.3. The van der Waals surface area contributed by atoms with Gasteiger partial charge in [0, 0.05) is 16.3 Å². The fourth-order valence-corrected chi connectivity index (χ4v) is 4.92. The summed E-state index contributed by atoms with van der Waals surface area (Å²) in [7, 11) is 0. The van der Waals surface area contributed by atoms with Gasteiger partial charge in [-0.05, 0) is 66.1 Å². The van der Waals surface area contributed by atoms with E-state index in [1.165, 1.54) is 21.9 Å². The molecule has 3 aromatic carbocycles. The van der Waals surface area contributed by atoms with Gasteiger partial charge in [-0.25, -0.2) is 15.0 Å². The molecule has 0 amide bonds. The molecule has 0 aliphatic heterocycles. The number of hydrogen-bond acceptors (Lipinski definition) is 4. The highest BCUT2D eigenvalue weighted by Crippen LogP contribution is 2.39. The third-order valence-corrected chi connectivity index (χ3v) is 6.97. The smallest absolute Gasteiger partial charge is 0.165 e. The molecule has 0 unspecified atom stereocenters. The fraction of sp³-hybridized carbons (Fsp3) is 0.312. The summed E-state index contributed by atoms with van der Waals surface area (Å²) in [4.78, 5) is 13.8. The quantitative estimate of drug-likeness (QED) is 0.256. The Bertz CT molecular complexity index is 1630. The van der Waals surface area contributed by atoms with Crippen molar-refractivity contribution in [3.8, 4) is 23.1 Å². The van der Waals surface area contributed by atoms with Crippen molar-refractivity contribution in [3.05, 3.63) is 82.9 Å². The minimum atomic E-state index is -0.00812. The van der Waals surface area contributed by atoms with Crippen LogP contribution in [-0.4, -0.2) is 19.5 Å². The van der Waals surface area contributed by atoms with Gasteiger partial charge in [-0.15, -0.1) is 0 Å². The first-order chi connectivity index (χ1) is 17.4. The molecule has 186 valence electrons. The zero-order valence-corrected chi connectivity index (χ0v) is 22.9. The largest absolute Gasteiger partial charge is 0.308 e. The first-order valence-corrected chi connectivity index (χ1v) is 12.7. The van der Waals surface area contributed by atoms with E-state index < -0.39 is 0 Å². The Kier molecular flexibility index (Phi) is 5.68. The average Bonchev–Trinajstić information content (AvgIpc) is 3.15. The Morgan fingerprint density at radius 1 is 0.676 bits per heavy atom. The number of benzene rings is 3. The standard InChI is InChI=1S/C32H33N5/c1-19-34-20(2)36-30(35-19)26-12-9-21(18-33)15-27(26)37-28-16-22(31(3,4)5)10-13-24(28)25-14-11-23(17-29(25)37)32(6,7)8/h9-17H,1-8H3. The maximum absolute atomic E-state index is 9.84. The fourth-order valence-electron chi connectivity index (χ4n) is 4.92. The van der Waals surface area contributed by atoms with Gasteiger partial charge < -0.3 is 4.57 Å². The molecular formula is C32H33N5. The van der Waals surface area contributed by atoms with Crippen LogP contribution >= 0.6 is 0 Å². The maximum Gasteiger partial charge on any atom is 0.165 e. The number of hydrogen-bond donors (Lipinski definition) is 0. The van der Waals surface area contributed by atoms with E-state index in [4.69, 9.17) is 0 Å². The molecule has 2 aromatic heterocycles. The maximum atomic E-state index is 9.84. The van der Waals surface area contributed by atoms with Crippen LogP contribution in [-0.2, 0) is 10.8 Å². The number of nitrogens with zero attached hydrogens (tertiary/aromatic N) is 5. The highest BCUT2D eigenvalue weighted by Gasteiger charge is 2.23. The topological polar surface area (TPSA) is 67.4 Å². The molecule has 0 aliphatic rings. The molecule has 5 aromatic rings. The molecule has 0 N–H and O–H groups in total. The van der Waals surface area contributed by atoms with Crippen molar-refractivity contribution in [2.75, 3.05) is 0 Å². The third-order valence-electron chi connectivity index (χ3n) is 6.97. The minimum absolute atomic E-state index is 0.00812. The van der Waals surface area contributed by atoms with E-state index in [0.717, 1.165) is 22.3 Å². The van der Waals surface area contributed by atoms with Crippen LogP contribution in [0.3, 0.4) is 0 Å². The van der Waals surface area contributed by atoms with Crippen molar-refractivity contribution in [1.29, 1.82) is 5.26 Å². The summed E-state index contributed by atoms with van der Waals surface area (Å²) < 4.78 is 2.29. The molecule has 5 nitrogen and oxygen atoms in total. The van der Waals surface area contributed by atoms with Crippen LogP contribution in [0.15, 0.2) is 54.6 Å². The van der Waals surface area contributed by atoms with Crippen molar-refractivity contribution >= 4 is 21.8 Å². The first kappa shape index (κ1) is 24.6. The van der Waals surface area contributed by atoms with E-state index in [1.807, 2.05) is 32.0 Å². The summed E-state index contributed by atoms with van der Waals surface area (Å²) >= 11 is 0. The zero-order chi connectivity index (χ0) is 26.7. The van der Waals surface area contributed by atoms with Crippen LogP contribution in [0, 0.1) is 25.2 Å². The first-order valence-electron chi connectivity index (χ1n) is 12.7. The molecule has 0 fully saturated rings. The van der Waals surface area contributed by atoms with E-state index in [1.54, 1.807) is 0 Å². The lowest BCUT2D eigenvalue weighted by Crippen LogP contribution is -2.11. The molecule has 0 bridgehead atoms. The van der Waals surface area contributed by atoms with Crippen molar-refractivity contribution < 1.29 is 0 Å². The third kappa shape index (κ3) is 4.38. The second-order valence-electron chi connectivity index (χ2n) is 11.9. The lowest BCUT2D eigenvalue weighted by atomic mass is 9.86. The lowest BCUT2D eigenvalue weighted by molar-refractivity contribution is 0.591. The Hall–Kier alpha value is -4.04. The number of nitriles is 1. The van der Waals surface area contributed by atoms with Crippen molar-refractivity contribution in [1.82, 2.24) is 19.5 Å². The predicted octanol–water partition coefficient (Wildman–Crippen LogP) is 7.72. The number of aryl methyl sites for hydroxylation is 2. The molecule has 0 aliphatic carbocycles. The summed E-state index contributed by atoms with van der Waals surface area (Å²) in [5.74, 6) is 1.95. The number of rotatable bonds is 2. The molecule has 0 atom stereocenters. The van der Waals surface area contributed by atoms with E-state index in [-0.39, 0.29) is 10.8 Å². The van der Waals surface area contributed by atoms with Crippen molar-refractivity contribution in [3.63, 3.8) is 0 Å². The van der Waals surface area contributed by atoms with Gasteiger partial charge in [-0.2, -0.15) is 5.26 Å². The summed E-state index contributed by atoms with van der Waals surface area (Å²) in [5, 5.41) is 12.2. The molecule has 5 heteroatoms. The van der Waals surface area contributed by atoms with Crippen molar-refractivity contribution in [2.45, 2.75) is 66.2 Å². The van der Waals surface area contributed by atoms with Crippen molar-refractivity contribution in [2.24, 2.45) is 0 Å². The van der Waals surface area contributed by atoms with Gasteiger partial charge in [0.1, 0.15) is 11.6 Å². The van der Waals surface area contributed by atoms with Gasteiger partial charge in [0.05, 0.1) is 28.4 Å². The highest BCUT2D eigenvalue weighted by molar-refractivity contribution is 6.10. The second kappa shape index (κ2) is 8.52. The van der Waals surface area contributed by atoms with Crippen LogP contribution in [0.4, 0.5) is 0 Å². The van der Waals surface area contributed by atoms with Crippen LogP contribution in [0.25, 0.3) is 38.9 Å². The molecular weight excluding hydrogens is 454 g/mol. The Morgan fingerprint density at radius 2 is 1.19 bits per heavy atom. The Labute approximate surface area is 218 Å². The number of fused-ring (bicyclic) bond motifs is 3. The summed E-state index contributed by atoms with van der Waals surface area (Å²) in [6.45, 7) is 17.2. The van der Waals surface area contributed by atoms with Gasteiger partial charge in [0.15, 0.2) is 5.82 Å². The Morgan fingerprint density at radius 3 is 1.65 bits per heavy atom. The van der Waals surface area contributed by atoms with Gasteiger partial charge in [0.25, 0.3) is 0 Å². The van der Waals surface area contributed by atoms with Gasteiger partial charge >= 0.3 is 0 Å². The average molecular weight is 488 g/mol. The van der Waals surface area contributed by atoms with E-state index in [2.05, 4.69) is 104 Å². The van der Waals surface area contributed by atoms with Crippen LogP contribution in [0.5, 0.6) is 0 Å². The van der Waals surface area contributed by atoms with Gasteiger partial charge in [-0.3, -0.25) is 0 Å². The summed E-state index contributed by atoms with van der Waals surface area (Å²) in [6, 6.07) is 21.6. The lowest BCUT2D eigenvalue weighted by Gasteiger charge is -2.21.